The molecule has 0 spiro atoms. The van der Waals surface area contributed by atoms with Crippen LogP contribution in [0.4, 0.5) is 0 Å². The van der Waals surface area contributed by atoms with Gasteiger partial charge in [-0.05, 0) is 14.0 Å². The fourth-order valence-corrected chi connectivity index (χ4v) is 1.73. The molecule has 2 N–H and O–H groups in total. The SMILES string of the molecule is CC#CCCNS(=O)(=O)CCNC. The monoisotopic (exact) mass is 204 g/mol. The maximum absolute atomic E-state index is 11.2. The highest BCUT2D eigenvalue weighted by Gasteiger charge is 2.06. The van der Waals surface area contributed by atoms with Crippen LogP contribution in [-0.2, 0) is 10.0 Å². The lowest BCUT2D eigenvalue weighted by atomic mass is 10.4. The molecule has 4 nitrogen and oxygen atoms in total. The summed E-state index contributed by atoms with van der Waals surface area (Å²) in [5.41, 5.74) is 0. The summed E-state index contributed by atoms with van der Waals surface area (Å²) in [6.45, 7) is 2.59. The van der Waals surface area contributed by atoms with Crippen molar-refractivity contribution in [1.82, 2.24) is 10.0 Å². The van der Waals surface area contributed by atoms with Gasteiger partial charge in [-0.15, -0.1) is 11.8 Å². The van der Waals surface area contributed by atoms with Gasteiger partial charge in [-0.3, -0.25) is 0 Å². The van der Waals surface area contributed by atoms with Gasteiger partial charge in [0.25, 0.3) is 0 Å². The van der Waals surface area contributed by atoms with Crippen LogP contribution in [-0.4, -0.2) is 34.3 Å². The lowest BCUT2D eigenvalue weighted by Crippen LogP contribution is -2.31. The molecule has 0 fully saturated rings. The Balaban J connectivity index is 3.68. The van der Waals surface area contributed by atoms with Crippen molar-refractivity contribution in [3.05, 3.63) is 0 Å². The summed E-state index contributed by atoms with van der Waals surface area (Å²) in [6, 6.07) is 0. The zero-order valence-electron chi connectivity index (χ0n) is 8.05. The van der Waals surface area contributed by atoms with Crippen LogP contribution in [0.25, 0.3) is 0 Å². The molecule has 0 saturated heterocycles. The summed E-state index contributed by atoms with van der Waals surface area (Å²) in [7, 11) is -1.38. The van der Waals surface area contributed by atoms with Crippen molar-refractivity contribution in [2.75, 3.05) is 25.9 Å². The van der Waals surface area contributed by atoms with E-state index >= 15 is 0 Å². The first-order valence-electron chi connectivity index (χ1n) is 4.14. The molecule has 0 aliphatic heterocycles. The average molecular weight is 204 g/mol. The van der Waals surface area contributed by atoms with Gasteiger partial charge in [0.2, 0.25) is 10.0 Å². The van der Waals surface area contributed by atoms with Gasteiger partial charge in [0, 0.05) is 19.5 Å². The third kappa shape index (κ3) is 7.78. The average Bonchev–Trinajstić information content (AvgIpc) is 2.09. The van der Waals surface area contributed by atoms with E-state index in [1.807, 2.05) is 0 Å². The Morgan fingerprint density at radius 3 is 2.54 bits per heavy atom. The van der Waals surface area contributed by atoms with Gasteiger partial charge in [-0.2, -0.15) is 0 Å². The first-order valence-corrected chi connectivity index (χ1v) is 5.79. The molecule has 0 unspecified atom stereocenters. The van der Waals surface area contributed by atoms with Gasteiger partial charge in [0.05, 0.1) is 5.75 Å². The van der Waals surface area contributed by atoms with E-state index in [1.54, 1.807) is 14.0 Å². The zero-order valence-corrected chi connectivity index (χ0v) is 8.87. The van der Waals surface area contributed by atoms with Crippen molar-refractivity contribution in [2.24, 2.45) is 0 Å². The quantitative estimate of drug-likeness (QED) is 0.454. The summed E-state index contributed by atoms with van der Waals surface area (Å²) in [4.78, 5) is 0. The molecule has 0 aromatic heterocycles. The second kappa shape index (κ2) is 6.89. The summed E-state index contributed by atoms with van der Waals surface area (Å²) in [6.07, 6.45) is 0.565. The van der Waals surface area contributed by atoms with Gasteiger partial charge in [-0.1, -0.05) is 0 Å². The first-order chi connectivity index (χ1) is 6.12. The molecule has 13 heavy (non-hydrogen) atoms. The third-order valence-electron chi connectivity index (χ3n) is 1.37. The standard InChI is InChI=1S/C8H16N2O2S/c1-3-4-5-6-10-13(11,12)8-7-9-2/h9-10H,5-8H2,1-2H3. The molecule has 0 rings (SSSR count). The number of nitrogens with one attached hydrogen (secondary N) is 2. The van der Waals surface area contributed by atoms with Crippen molar-refractivity contribution in [3.8, 4) is 11.8 Å². The number of hydrogen-bond acceptors (Lipinski definition) is 3. The van der Waals surface area contributed by atoms with Crippen LogP contribution >= 0.6 is 0 Å². The number of rotatable bonds is 6. The van der Waals surface area contributed by atoms with Crippen LogP contribution < -0.4 is 10.0 Å². The highest BCUT2D eigenvalue weighted by molar-refractivity contribution is 7.89. The molecular formula is C8H16N2O2S. The van der Waals surface area contributed by atoms with Crippen LogP contribution in [0.3, 0.4) is 0 Å². The molecule has 0 saturated carbocycles. The minimum atomic E-state index is -3.10. The molecule has 5 heteroatoms. The topological polar surface area (TPSA) is 58.2 Å². The summed E-state index contributed by atoms with van der Waals surface area (Å²) < 4.78 is 24.8. The van der Waals surface area contributed by atoms with Gasteiger partial charge in [0.1, 0.15) is 0 Å². The Kier molecular flexibility index (Phi) is 6.59. The van der Waals surface area contributed by atoms with Gasteiger partial charge < -0.3 is 5.32 Å². The fourth-order valence-electron chi connectivity index (χ4n) is 0.703. The van der Waals surface area contributed by atoms with E-state index in [9.17, 15) is 8.42 Å². The van der Waals surface area contributed by atoms with Gasteiger partial charge in [-0.25, -0.2) is 13.1 Å². The molecule has 0 aromatic carbocycles. The molecule has 0 aliphatic carbocycles. The van der Waals surface area contributed by atoms with E-state index in [4.69, 9.17) is 0 Å². The molecule has 0 aromatic rings. The van der Waals surface area contributed by atoms with Crippen LogP contribution in [0.1, 0.15) is 13.3 Å². The lowest BCUT2D eigenvalue weighted by Gasteiger charge is -2.03. The van der Waals surface area contributed by atoms with Crippen molar-refractivity contribution in [1.29, 1.82) is 0 Å². The van der Waals surface area contributed by atoms with Gasteiger partial charge >= 0.3 is 0 Å². The molecule has 0 atom stereocenters. The van der Waals surface area contributed by atoms with E-state index in [0.29, 0.717) is 19.5 Å². The Labute approximate surface area is 80.2 Å². The molecule has 0 amide bonds. The molecule has 0 bridgehead atoms. The van der Waals surface area contributed by atoms with E-state index < -0.39 is 10.0 Å². The predicted octanol–water partition coefficient (Wildman–Crippen LogP) is -0.461. The predicted molar refractivity (Wildman–Crippen MR) is 53.8 cm³/mol. The Morgan fingerprint density at radius 2 is 2.00 bits per heavy atom. The Bertz CT molecular complexity index is 274. The fraction of sp³-hybridized carbons (Fsp3) is 0.750. The number of hydrogen-bond donors (Lipinski definition) is 2. The van der Waals surface area contributed by atoms with E-state index in [0.717, 1.165) is 0 Å². The summed E-state index contributed by atoms with van der Waals surface area (Å²) >= 11 is 0. The second-order valence-corrected chi connectivity index (χ2v) is 4.42. The van der Waals surface area contributed by atoms with Crippen LogP contribution in [0.15, 0.2) is 0 Å². The lowest BCUT2D eigenvalue weighted by molar-refractivity contribution is 0.580. The smallest absolute Gasteiger partial charge is 0.212 e. The molecule has 0 heterocycles. The van der Waals surface area contributed by atoms with Crippen molar-refractivity contribution in [3.63, 3.8) is 0 Å². The highest BCUT2D eigenvalue weighted by Crippen LogP contribution is 1.83. The maximum atomic E-state index is 11.2. The van der Waals surface area contributed by atoms with Gasteiger partial charge in [0.15, 0.2) is 0 Å². The van der Waals surface area contributed by atoms with Crippen LogP contribution in [0.5, 0.6) is 0 Å². The second-order valence-electron chi connectivity index (χ2n) is 2.49. The molecule has 0 aliphatic rings. The Morgan fingerprint density at radius 1 is 1.31 bits per heavy atom. The van der Waals surface area contributed by atoms with E-state index in [2.05, 4.69) is 21.9 Å². The summed E-state index contributed by atoms with van der Waals surface area (Å²) in [5, 5.41) is 2.78. The van der Waals surface area contributed by atoms with E-state index in [-0.39, 0.29) is 5.75 Å². The van der Waals surface area contributed by atoms with Crippen molar-refractivity contribution >= 4 is 10.0 Å². The molecule has 76 valence electrons. The Hall–Kier alpha value is -0.570. The van der Waals surface area contributed by atoms with E-state index in [1.165, 1.54) is 0 Å². The first kappa shape index (κ1) is 12.4. The third-order valence-corrected chi connectivity index (χ3v) is 2.76. The highest BCUT2D eigenvalue weighted by atomic mass is 32.2. The molecular weight excluding hydrogens is 188 g/mol. The normalized spacial score (nSPS) is 10.6. The van der Waals surface area contributed by atoms with Crippen molar-refractivity contribution in [2.45, 2.75) is 13.3 Å². The molecule has 0 radical (unpaired) electrons. The maximum Gasteiger partial charge on any atom is 0.212 e. The van der Waals surface area contributed by atoms with Crippen LogP contribution in [0.2, 0.25) is 0 Å². The number of sulfonamides is 1. The zero-order chi connectivity index (χ0) is 10.2. The largest absolute Gasteiger partial charge is 0.319 e. The van der Waals surface area contributed by atoms with Crippen molar-refractivity contribution < 1.29 is 8.42 Å². The minimum absolute atomic E-state index is 0.114. The minimum Gasteiger partial charge on any atom is -0.319 e. The summed E-state index contributed by atoms with van der Waals surface area (Å²) in [5.74, 6) is 5.60. The van der Waals surface area contributed by atoms with Crippen LogP contribution in [0, 0.1) is 11.8 Å².